The molecule has 0 aliphatic rings. The highest BCUT2D eigenvalue weighted by molar-refractivity contribution is 6.30. The fourth-order valence-electron chi connectivity index (χ4n) is 2.04. The van der Waals surface area contributed by atoms with Crippen LogP contribution in [0, 0.1) is 0 Å². The molecule has 0 aromatic heterocycles. The lowest BCUT2D eigenvalue weighted by Gasteiger charge is -2.17. The Labute approximate surface area is 127 Å². The van der Waals surface area contributed by atoms with E-state index < -0.39 is 0 Å². The Hall–Kier alpha value is -0.930. The highest BCUT2D eigenvalue weighted by Gasteiger charge is 2.15. The van der Waals surface area contributed by atoms with Crippen molar-refractivity contribution in [3.63, 3.8) is 0 Å². The molecule has 1 unspecified atom stereocenters. The van der Waals surface area contributed by atoms with Crippen LogP contribution in [0.5, 0.6) is 11.5 Å². The van der Waals surface area contributed by atoms with Crippen molar-refractivity contribution in [2.75, 3.05) is 13.7 Å². The van der Waals surface area contributed by atoms with Crippen molar-refractivity contribution < 1.29 is 9.47 Å². The van der Waals surface area contributed by atoms with Crippen molar-refractivity contribution in [1.29, 1.82) is 0 Å². The Balaban J connectivity index is 2.90. The van der Waals surface area contributed by atoms with Gasteiger partial charge in [-0.05, 0) is 25.3 Å². The first-order valence-corrected chi connectivity index (χ1v) is 7.74. The fraction of sp³-hybridized carbons (Fsp3) is 0.625. The first-order chi connectivity index (χ1) is 9.62. The first-order valence-electron chi connectivity index (χ1n) is 7.37. The third kappa shape index (κ3) is 5.22. The maximum atomic E-state index is 6.13. The summed E-state index contributed by atoms with van der Waals surface area (Å²) < 4.78 is 11.3. The van der Waals surface area contributed by atoms with Gasteiger partial charge in [0.15, 0.2) is 11.5 Å². The van der Waals surface area contributed by atoms with Crippen molar-refractivity contribution >= 4 is 11.6 Å². The van der Waals surface area contributed by atoms with Crippen LogP contribution in [-0.4, -0.2) is 19.8 Å². The van der Waals surface area contributed by atoms with E-state index in [-0.39, 0.29) is 6.04 Å². The zero-order valence-corrected chi connectivity index (χ0v) is 13.5. The van der Waals surface area contributed by atoms with Crippen molar-refractivity contribution in [1.82, 2.24) is 0 Å². The molecule has 3 nitrogen and oxygen atoms in total. The van der Waals surface area contributed by atoms with Crippen LogP contribution in [-0.2, 0) is 6.42 Å². The minimum absolute atomic E-state index is 0.108. The van der Waals surface area contributed by atoms with E-state index in [1.54, 1.807) is 13.2 Å². The molecule has 1 aromatic rings. The van der Waals surface area contributed by atoms with Crippen LogP contribution >= 0.6 is 11.6 Å². The molecule has 0 saturated carbocycles. The molecule has 1 rings (SSSR count). The van der Waals surface area contributed by atoms with Crippen molar-refractivity contribution in [2.45, 2.75) is 52.0 Å². The third-order valence-corrected chi connectivity index (χ3v) is 3.54. The van der Waals surface area contributed by atoms with E-state index in [9.17, 15) is 0 Å². The van der Waals surface area contributed by atoms with Crippen LogP contribution < -0.4 is 15.2 Å². The molecular weight excluding hydrogens is 274 g/mol. The van der Waals surface area contributed by atoms with Gasteiger partial charge in [0.1, 0.15) is 0 Å². The summed E-state index contributed by atoms with van der Waals surface area (Å²) >= 11 is 6.13. The van der Waals surface area contributed by atoms with Gasteiger partial charge in [-0.25, -0.2) is 0 Å². The summed E-state index contributed by atoms with van der Waals surface area (Å²) in [4.78, 5) is 0. The molecular formula is C16H26ClNO2. The average molecular weight is 300 g/mol. The molecule has 0 amide bonds. The van der Waals surface area contributed by atoms with Crippen LogP contribution in [0.25, 0.3) is 0 Å². The summed E-state index contributed by atoms with van der Waals surface area (Å²) in [6.07, 6.45) is 5.05. The summed E-state index contributed by atoms with van der Waals surface area (Å²) in [6.45, 7) is 4.95. The van der Waals surface area contributed by atoms with E-state index in [0.717, 1.165) is 30.6 Å². The van der Waals surface area contributed by atoms with E-state index in [1.807, 2.05) is 6.07 Å². The number of benzene rings is 1. The van der Waals surface area contributed by atoms with Gasteiger partial charge in [0.25, 0.3) is 0 Å². The molecule has 0 bridgehead atoms. The number of nitrogens with two attached hydrogens (primary N) is 1. The van der Waals surface area contributed by atoms with Crippen LogP contribution in [0.4, 0.5) is 0 Å². The summed E-state index contributed by atoms with van der Waals surface area (Å²) in [7, 11) is 1.63. The number of rotatable bonds is 9. The molecule has 1 aromatic carbocycles. The molecule has 114 valence electrons. The monoisotopic (exact) mass is 299 g/mol. The Bertz CT molecular complexity index is 410. The smallest absolute Gasteiger partial charge is 0.164 e. The normalized spacial score (nSPS) is 12.2. The van der Waals surface area contributed by atoms with Gasteiger partial charge in [-0.1, -0.05) is 38.3 Å². The Kier molecular flexibility index (Phi) is 7.78. The number of hydrogen-bond acceptors (Lipinski definition) is 3. The number of hydrogen-bond donors (Lipinski definition) is 1. The van der Waals surface area contributed by atoms with Gasteiger partial charge in [-0.15, -0.1) is 0 Å². The lowest BCUT2D eigenvalue weighted by Crippen LogP contribution is -2.22. The second kappa shape index (κ2) is 9.09. The van der Waals surface area contributed by atoms with E-state index in [1.165, 1.54) is 12.8 Å². The molecule has 0 aliphatic carbocycles. The van der Waals surface area contributed by atoms with Crippen LogP contribution in [0.15, 0.2) is 12.1 Å². The van der Waals surface area contributed by atoms with E-state index >= 15 is 0 Å². The highest BCUT2D eigenvalue weighted by atomic mass is 35.5. The van der Waals surface area contributed by atoms with Crippen LogP contribution in [0.3, 0.4) is 0 Å². The third-order valence-electron chi connectivity index (χ3n) is 3.32. The first kappa shape index (κ1) is 17.1. The van der Waals surface area contributed by atoms with E-state index in [4.69, 9.17) is 26.8 Å². The maximum Gasteiger partial charge on any atom is 0.164 e. The Morgan fingerprint density at radius 2 is 2.00 bits per heavy atom. The summed E-state index contributed by atoms with van der Waals surface area (Å²) in [5.74, 6) is 1.48. The number of unbranched alkanes of at least 4 members (excludes halogenated alkanes) is 2. The van der Waals surface area contributed by atoms with Crippen LogP contribution in [0.1, 0.15) is 45.1 Å². The van der Waals surface area contributed by atoms with Gasteiger partial charge in [-0.3, -0.25) is 0 Å². The molecule has 0 saturated heterocycles. The van der Waals surface area contributed by atoms with Gasteiger partial charge in [0, 0.05) is 22.7 Å². The van der Waals surface area contributed by atoms with Gasteiger partial charge >= 0.3 is 0 Å². The van der Waals surface area contributed by atoms with Gasteiger partial charge < -0.3 is 15.2 Å². The SMILES string of the molecule is CCCCCOc1c(CC(N)CC)cc(Cl)cc1OC. The lowest BCUT2D eigenvalue weighted by atomic mass is 10.0. The molecule has 4 heteroatoms. The minimum atomic E-state index is 0.108. The average Bonchev–Trinajstić information content (AvgIpc) is 2.44. The van der Waals surface area contributed by atoms with Gasteiger partial charge in [0.2, 0.25) is 0 Å². The second-order valence-corrected chi connectivity index (χ2v) is 5.46. The fourth-order valence-corrected chi connectivity index (χ4v) is 2.27. The predicted octanol–water partition coefficient (Wildman–Crippen LogP) is 4.20. The summed E-state index contributed by atoms with van der Waals surface area (Å²) in [5, 5.41) is 0.654. The number of methoxy groups -OCH3 is 1. The molecule has 0 aliphatic heterocycles. The predicted molar refractivity (Wildman–Crippen MR) is 85.0 cm³/mol. The van der Waals surface area contributed by atoms with Crippen LogP contribution in [0.2, 0.25) is 5.02 Å². The second-order valence-electron chi connectivity index (χ2n) is 5.02. The quantitative estimate of drug-likeness (QED) is 0.695. The maximum absolute atomic E-state index is 6.13. The minimum Gasteiger partial charge on any atom is -0.493 e. The standard InChI is InChI=1S/C16H26ClNO2/c1-4-6-7-8-20-16-12(10-14(18)5-2)9-13(17)11-15(16)19-3/h9,11,14H,4-8,10,18H2,1-3H3. The highest BCUT2D eigenvalue weighted by Crippen LogP contribution is 2.35. The number of ether oxygens (including phenoxy) is 2. The molecule has 20 heavy (non-hydrogen) atoms. The molecule has 0 heterocycles. The van der Waals surface area contributed by atoms with Gasteiger partial charge in [-0.2, -0.15) is 0 Å². The zero-order valence-electron chi connectivity index (χ0n) is 12.7. The molecule has 0 radical (unpaired) electrons. The number of halogens is 1. The molecule has 2 N–H and O–H groups in total. The zero-order chi connectivity index (χ0) is 15.0. The molecule has 1 atom stereocenters. The van der Waals surface area contributed by atoms with Gasteiger partial charge in [0.05, 0.1) is 13.7 Å². The van der Waals surface area contributed by atoms with E-state index in [2.05, 4.69) is 13.8 Å². The van der Waals surface area contributed by atoms with Crippen molar-refractivity contribution in [3.05, 3.63) is 22.7 Å². The summed E-state index contributed by atoms with van der Waals surface area (Å²) in [6, 6.07) is 3.82. The summed E-state index contributed by atoms with van der Waals surface area (Å²) in [5.41, 5.74) is 7.08. The van der Waals surface area contributed by atoms with Crippen molar-refractivity contribution in [3.8, 4) is 11.5 Å². The molecule has 0 fully saturated rings. The molecule has 0 spiro atoms. The Morgan fingerprint density at radius 1 is 1.25 bits per heavy atom. The lowest BCUT2D eigenvalue weighted by molar-refractivity contribution is 0.282. The Morgan fingerprint density at radius 3 is 2.60 bits per heavy atom. The topological polar surface area (TPSA) is 44.5 Å². The van der Waals surface area contributed by atoms with E-state index in [0.29, 0.717) is 17.4 Å². The van der Waals surface area contributed by atoms with Crippen molar-refractivity contribution in [2.24, 2.45) is 5.73 Å². The largest absolute Gasteiger partial charge is 0.493 e.